The van der Waals surface area contributed by atoms with E-state index in [2.05, 4.69) is 17.0 Å². The number of amides is 1. The van der Waals surface area contributed by atoms with Crippen molar-refractivity contribution in [3.8, 4) is 0 Å². The van der Waals surface area contributed by atoms with Gasteiger partial charge < -0.3 is 4.90 Å². The van der Waals surface area contributed by atoms with Gasteiger partial charge in [0.15, 0.2) is 0 Å². The molecule has 0 aliphatic carbocycles. The number of piperidine rings is 1. The summed E-state index contributed by atoms with van der Waals surface area (Å²) in [5, 5.41) is 5.96. The Morgan fingerprint density at radius 2 is 1.80 bits per heavy atom. The van der Waals surface area contributed by atoms with Crippen LogP contribution in [0.2, 0.25) is 0 Å². The highest BCUT2D eigenvalue weighted by atomic mass is 16.2. The van der Waals surface area contributed by atoms with Crippen molar-refractivity contribution >= 4 is 11.6 Å². The molecule has 1 aliphatic rings. The van der Waals surface area contributed by atoms with Gasteiger partial charge in [0.05, 0.1) is 6.04 Å². The minimum atomic E-state index is 0.0470. The monoisotopic (exact) mass is 211 g/mol. The van der Waals surface area contributed by atoms with Crippen molar-refractivity contribution in [1.82, 2.24) is 9.91 Å². The van der Waals surface area contributed by atoms with Gasteiger partial charge in [-0.1, -0.05) is 0 Å². The fraction of sp³-hybridized carbons (Fsp3) is 0.818. The number of hydrazone groups is 1. The van der Waals surface area contributed by atoms with Crippen LogP contribution in [-0.2, 0) is 4.79 Å². The molecule has 1 aliphatic heterocycles. The fourth-order valence-corrected chi connectivity index (χ4v) is 1.86. The molecule has 15 heavy (non-hydrogen) atoms. The molecule has 1 saturated heterocycles. The van der Waals surface area contributed by atoms with E-state index < -0.39 is 0 Å². The Kier molecular flexibility index (Phi) is 4.27. The number of carbonyl (C=O) groups excluding carboxylic acids is 1. The maximum atomic E-state index is 11.5. The van der Waals surface area contributed by atoms with E-state index in [9.17, 15) is 4.79 Å². The highest BCUT2D eigenvalue weighted by molar-refractivity contribution is 5.81. The van der Waals surface area contributed by atoms with Crippen molar-refractivity contribution in [2.24, 2.45) is 5.10 Å². The molecule has 0 aromatic rings. The van der Waals surface area contributed by atoms with Crippen molar-refractivity contribution in [3.63, 3.8) is 0 Å². The SMILES string of the molecule is CC(=O)N(N=C(C)C)C1CCN(C)CC1. The molecule has 0 aromatic carbocycles. The molecule has 1 heterocycles. The highest BCUT2D eigenvalue weighted by Crippen LogP contribution is 2.16. The van der Waals surface area contributed by atoms with E-state index >= 15 is 0 Å². The average molecular weight is 211 g/mol. The summed E-state index contributed by atoms with van der Waals surface area (Å²) in [6, 6.07) is 0.286. The van der Waals surface area contributed by atoms with Gasteiger partial charge in [0, 0.05) is 12.6 Å². The second-order valence-corrected chi connectivity index (χ2v) is 4.45. The van der Waals surface area contributed by atoms with Crippen LogP contribution < -0.4 is 0 Å². The molecule has 1 fully saturated rings. The summed E-state index contributed by atoms with van der Waals surface area (Å²) in [6.07, 6.45) is 2.04. The average Bonchev–Trinajstić information content (AvgIpc) is 2.15. The predicted octanol–water partition coefficient (Wildman–Crippen LogP) is 1.32. The molecule has 0 saturated carbocycles. The Labute approximate surface area is 91.9 Å². The minimum Gasteiger partial charge on any atom is -0.306 e. The molecular formula is C11H21N3O. The Balaban J connectivity index is 2.65. The third-order valence-corrected chi connectivity index (χ3v) is 2.66. The predicted molar refractivity (Wildman–Crippen MR) is 61.8 cm³/mol. The van der Waals surface area contributed by atoms with Gasteiger partial charge in [-0.05, 0) is 46.8 Å². The van der Waals surface area contributed by atoms with Crippen LogP contribution in [-0.4, -0.2) is 47.7 Å². The van der Waals surface area contributed by atoms with Crippen LogP contribution in [0.25, 0.3) is 0 Å². The summed E-state index contributed by atoms with van der Waals surface area (Å²) < 4.78 is 0. The van der Waals surface area contributed by atoms with E-state index in [0.717, 1.165) is 31.6 Å². The Hall–Kier alpha value is -0.900. The van der Waals surface area contributed by atoms with Crippen molar-refractivity contribution in [2.45, 2.75) is 39.7 Å². The van der Waals surface area contributed by atoms with E-state index in [1.165, 1.54) is 0 Å². The van der Waals surface area contributed by atoms with E-state index in [1.54, 1.807) is 11.9 Å². The fourth-order valence-electron chi connectivity index (χ4n) is 1.86. The molecule has 0 bridgehead atoms. The van der Waals surface area contributed by atoms with Crippen LogP contribution in [0.5, 0.6) is 0 Å². The number of nitrogens with zero attached hydrogens (tertiary/aromatic N) is 3. The van der Waals surface area contributed by atoms with Gasteiger partial charge >= 0.3 is 0 Å². The number of carbonyl (C=O) groups is 1. The largest absolute Gasteiger partial charge is 0.306 e. The lowest BCUT2D eigenvalue weighted by atomic mass is 10.1. The van der Waals surface area contributed by atoms with Gasteiger partial charge in [0.1, 0.15) is 0 Å². The molecule has 0 spiro atoms. The summed E-state index contributed by atoms with van der Waals surface area (Å²) in [4.78, 5) is 13.8. The Morgan fingerprint density at radius 3 is 2.20 bits per heavy atom. The minimum absolute atomic E-state index is 0.0470. The number of hydrogen-bond donors (Lipinski definition) is 0. The standard InChI is InChI=1S/C11H21N3O/c1-9(2)12-14(10(3)15)11-5-7-13(4)8-6-11/h11H,5-8H2,1-4H3. The van der Waals surface area contributed by atoms with Crippen molar-refractivity contribution < 1.29 is 4.79 Å². The lowest BCUT2D eigenvalue weighted by molar-refractivity contribution is -0.132. The Bertz CT molecular complexity index is 251. The lowest BCUT2D eigenvalue weighted by Gasteiger charge is -2.34. The van der Waals surface area contributed by atoms with Crippen LogP contribution in [0.3, 0.4) is 0 Å². The zero-order valence-electron chi connectivity index (χ0n) is 10.2. The summed E-state index contributed by atoms with van der Waals surface area (Å²) in [7, 11) is 2.11. The van der Waals surface area contributed by atoms with Crippen molar-refractivity contribution in [2.75, 3.05) is 20.1 Å². The first-order valence-corrected chi connectivity index (χ1v) is 5.51. The van der Waals surface area contributed by atoms with Crippen LogP contribution >= 0.6 is 0 Å². The van der Waals surface area contributed by atoms with E-state index in [1.807, 2.05) is 13.8 Å². The second-order valence-electron chi connectivity index (χ2n) is 4.45. The second kappa shape index (κ2) is 5.26. The van der Waals surface area contributed by atoms with E-state index in [-0.39, 0.29) is 11.9 Å². The molecule has 0 N–H and O–H groups in total. The summed E-state index contributed by atoms with van der Waals surface area (Å²) in [5.74, 6) is 0.0470. The van der Waals surface area contributed by atoms with E-state index in [0.29, 0.717) is 0 Å². The topological polar surface area (TPSA) is 35.9 Å². The zero-order valence-corrected chi connectivity index (χ0v) is 10.2. The van der Waals surface area contributed by atoms with Gasteiger partial charge in [-0.3, -0.25) is 4.79 Å². The molecule has 4 nitrogen and oxygen atoms in total. The molecule has 4 heteroatoms. The lowest BCUT2D eigenvalue weighted by Crippen LogP contribution is -2.43. The molecule has 1 rings (SSSR count). The highest BCUT2D eigenvalue weighted by Gasteiger charge is 2.24. The third-order valence-electron chi connectivity index (χ3n) is 2.66. The quantitative estimate of drug-likeness (QED) is 0.510. The van der Waals surface area contributed by atoms with E-state index in [4.69, 9.17) is 0 Å². The van der Waals surface area contributed by atoms with Gasteiger partial charge in [-0.15, -0.1) is 0 Å². The van der Waals surface area contributed by atoms with Crippen molar-refractivity contribution in [3.05, 3.63) is 0 Å². The molecule has 0 aromatic heterocycles. The van der Waals surface area contributed by atoms with Crippen LogP contribution in [0.1, 0.15) is 33.6 Å². The molecular weight excluding hydrogens is 190 g/mol. The zero-order chi connectivity index (χ0) is 11.4. The number of likely N-dealkylation sites (tertiary alicyclic amines) is 1. The molecule has 1 amide bonds. The maximum Gasteiger partial charge on any atom is 0.239 e. The number of rotatable bonds is 2. The van der Waals surface area contributed by atoms with Crippen LogP contribution in [0, 0.1) is 0 Å². The first kappa shape index (κ1) is 12.2. The summed E-state index contributed by atoms with van der Waals surface area (Å²) in [6.45, 7) is 7.53. The normalized spacial score (nSPS) is 18.7. The summed E-state index contributed by atoms with van der Waals surface area (Å²) in [5.41, 5.74) is 0.934. The summed E-state index contributed by atoms with van der Waals surface area (Å²) >= 11 is 0. The first-order valence-electron chi connectivity index (χ1n) is 5.51. The maximum absolute atomic E-state index is 11.5. The molecule has 0 atom stereocenters. The van der Waals surface area contributed by atoms with Crippen molar-refractivity contribution in [1.29, 1.82) is 0 Å². The Morgan fingerprint density at radius 1 is 1.27 bits per heavy atom. The molecule has 0 radical (unpaired) electrons. The molecule has 0 unspecified atom stereocenters. The van der Waals surface area contributed by atoms with Gasteiger partial charge in [-0.25, -0.2) is 5.01 Å². The van der Waals surface area contributed by atoms with Crippen LogP contribution in [0.4, 0.5) is 0 Å². The van der Waals surface area contributed by atoms with Crippen LogP contribution in [0.15, 0.2) is 5.10 Å². The van der Waals surface area contributed by atoms with Gasteiger partial charge in [0.2, 0.25) is 5.91 Å². The smallest absolute Gasteiger partial charge is 0.239 e. The first-order chi connectivity index (χ1) is 7.00. The van der Waals surface area contributed by atoms with Gasteiger partial charge in [0.25, 0.3) is 0 Å². The molecule has 86 valence electrons. The number of hydrogen-bond acceptors (Lipinski definition) is 3. The van der Waals surface area contributed by atoms with Gasteiger partial charge in [-0.2, -0.15) is 5.10 Å². The third kappa shape index (κ3) is 3.63.